The van der Waals surface area contributed by atoms with Crippen LogP contribution in [0.15, 0.2) is 48.5 Å². The molecule has 0 saturated carbocycles. The van der Waals surface area contributed by atoms with Gasteiger partial charge in [0.15, 0.2) is 0 Å². The van der Waals surface area contributed by atoms with Crippen molar-refractivity contribution < 1.29 is 29.4 Å². The summed E-state index contributed by atoms with van der Waals surface area (Å²) in [5.74, 6) is -3.74. The lowest BCUT2D eigenvalue weighted by molar-refractivity contribution is -0.159. The number of hydrogen-bond donors (Lipinski definition) is 4. The summed E-state index contributed by atoms with van der Waals surface area (Å²) in [7, 11) is 5.13. The summed E-state index contributed by atoms with van der Waals surface area (Å²) >= 11 is 0. The Balaban J connectivity index is 0.000000703. The molecule has 31 heavy (non-hydrogen) atoms. The number of carboxylic acid groups (broad SMARTS) is 2. The van der Waals surface area contributed by atoms with Crippen LogP contribution in [0.3, 0.4) is 0 Å². The zero-order chi connectivity index (χ0) is 23.6. The van der Waals surface area contributed by atoms with Crippen LogP contribution in [0.25, 0.3) is 11.1 Å². The number of rotatable bonds is 5. The minimum atomic E-state index is -1.82. The normalized spacial score (nSPS) is 9.68. The van der Waals surface area contributed by atoms with Gasteiger partial charge < -0.3 is 31.1 Å². The van der Waals surface area contributed by atoms with Gasteiger partial charge in [0.1, 0.15) is 0 Å². The van der Waals surface area contributed by atoms with Crippen LogP contribution in [-0.2, 0) is 20.9 Å². The molecule has 0 unspecified atom stereocenters. The average molecular weight is 430 g/mol. The van der Waals surface area contributed by atoms with E-state index in [-0.39, 0.29) is 18.5 Å². The molecule has 10 heteroatoms. The number of carboxylic acids is 2. The molecule has 5 N–H and O–H groups in total. The second-order valence-corrected chi connectivity index (χ2v) is 6.67. The summed E-state index contributed by atoms with van der Waals surface area (Å²) in [6.45, 7) is 0.525. The Morgan fingerprint density at radius 2 is 1.48 bits per heavy atom. The molecule has 0 saturated heterocycles. The lowest BCUT2D eigenvalue weighted by Crippen LogP contribution is -2.32. The number of amides is 3. The molecule has 2 aromatic carbocycles. The Labute approximate surface area is 179 Å². The van der Waals surface area contributed by atoms with Gasteiger partial charge in [-0.25, -0.2) is 14.4 Å². The van der Waals surface area contributed by atoms with E-state index in [0.29, 0.717) is 6.54 Å². The molecule has 0 aromatic heterocycles. The smallest absolute Gasteiger partial charge is 0.414 e. The van der Waals surface area contributed by atoms with Crippen LogP contribution in [0.2, 0.25) is 0 Å². The highest BCUT2D eigenvalue weighted by Gasteiger charge is 2.08. The Kier molecular flexibility index (Phi) is 9.67. The Morgan fingerprint density at radius 1 is 0.903 bits per heavy atom. The molecule has 2 rings (SSSR count). The fraction of sp³-hybridized carbons (Fsp3) is 0.238. The summed E-state index contributed by atoms with van der Waals surface area (Å²) in [4.78, 5) is 44.6. The molecule has 0 fully saturated rings. The summed E-state index contributed by atoms with van der Waals surface area (Å²) in [6.07, 6.45) is 0. The predicted octanol–water partition coefficient (Wildman–Crippen LogP) is 1.52. The first-order chi connectivity index (χ1) is 14.5. The topological polar surface area (TPSA) is 153 Å². The van der Waals surface area contributed by atoms with E-state index in [1.807, 2.05) is 48.5 Å². The van der Waals surface area contributed by atoms with Crippen LogP contribution < -0.4 is 11.1 Å². The lowest BCUT2D eigenvalue weighted by atomic mass is 10.0. The second-order valence-electron chi connectivity index (χ2n) is 6.67. The number of benzene rings is 2. The quantitative estimate of drug-likeness (QED) is 0.525. The van der Waals surface area contributed by atoms with E-state index in [9.17, 15) is 9.59 Å². The molecule has 3 amide bonds. The summed E-state index contributed by atoms with van der Waals surface area (Å²) in [5, 5.41) is 17.6. The summed E-state index contributed by atoms with van der Waals surface area (Å²) < 4.78 is 0. The number of carbonyl (C=O) groups is 4. The number of carbonyl (C=O) groups excluding carboxylic acids is 2. The van der Waals surface area contributed by atoms with E-state index in [2.05, 4.69) is 5.32 Å². The minimum absolute atomic E-state index is 0.0102. The molecule has 0 aliphatic carbocycles. The number of anilines is 1. The lowest BCUT2D eigenvalue weighted by Gasteiger charge is -2.17. The summed E-state index contributed by atoms with van der Waals surface area (Å²) in [6, 6.07) is 15.5. The standard InChI is InChI=1S/C19H24N4O2.C2H2O4/c1-22(2)19(25)21-17-9-7-15(8-10-17)16-6-4-5-14(11-16)13-23(3)18(24)12-20;3-1(4)2(5)6/h4-11H,12-13,20H2,1-3H3,(H,21,25);(H,3,4)(H,5,6). The van der Waals surface area contributed by atoms with Gasteiger partial charge in [0, 0.05) is 33.4 Å². The van der Waals surface area contributed by atoms with E-state index in [0.717, 1.165) is 22.4 Å². The first-order valence-electron chi connectivity index (χ1n) is 9.13. The number of nitrogens with one attached hydrogen (secondary N) is 1. The van der Waals surface area contributed by atoms with Crippen molar-refractivity contribution in [1.29, 1.82) is 0 Å². The van der Waals surface area contributed by atoms with E-state index >= 15 is 0 Å². The number of urea groups is 1. The maximum Gasteiger partial charge on any atom is 0.414 e. The van der Waals surface area contributed by atoms with Crippen molar-refractivity contribution in [1.82, 2.24) is 9.80 Å². The number of hydrogen-bond acceptors (Lipinski definition) is 5. The molecule has 166 valence electrons. The average Bonchev–Trinajstić information content (AvgIpc) is 2.74. The Bertz CT molecular complexity index is 916. The van der Waals surface area contributed by atoms with E-state index in [4.69, 9.17) is 25.5 Å². The Hall–Kier alpha value is -3.92. The van der Waals surface area contributed by atoms with Crippen molar-refractivity contribution in [3.63, 3.8) is 0 Å². The van der Waals surface area contributed by atoms with Gasteiger partial charge in [0.05, 0.1) is 6.54 Å². The zero-order valence-electron chi connectivity index (χ0n) is 17.5. The number of nitrogens with zero attached hydrogens (tertiary/aromatic N) is 2. The number of nitrogens with two attached hydrogens (primary N) is 1. The van der Waals surface area contributed by atoms with Gasteiger partial charge in [-0.2, -0.15) is 0 Å². The fourth-order valence-electron chi connectivity index (χ4n) is 2.35. The molecule has 0 radical (unpaired) electrons. The van der Waals surface area contributed by atoms with Gasteiger partial charge in [-0.1, -0.05) is 30.3 Å². The molecule has 0 atom stereocenters. The van der Waals surface area contributed by atoms with Gasteiger partial charge in [0.25, 0.3) is 0 Å². The highest BCUT2D eigenvalue weighted by atomic mass is 16.4. The molecular weight excluding hydrogens is 404 g/mol. The van der Waals surface area contributed by atoms with Gasteiger partial charge in [0.2, 0.25) is 5.91 Å². The Morgan fingerprint density at radius 3 is 1.97 bits per heavy atom. The van der Waals surface area contributed by atoms with Crippen LogP contribution in [0, 0.1) is 0 Å². The SMILES string of the molecule is CN(C)C(=O)Nc1ccc(-c2cccc(CN(C)C(=O)CN)c2)cc1.O=C(O)C(=O)O. The van der Waals surface area contributed by atoms with Crippen LogP contribution in [0.4, 0.5) is 10.5 Å². The molecule has 0 heterocycles. The third-order valence-electron chi connectivity index (χ3n) is 4.01. The molecule has 0 bridgehead atoms. The van der Waals surface area contributed by atoms with E-state index in [1.165, 1.54) is 4.90 Å². The van der Waals surface area contributed by atoms with Crippen molar-refractivity contribution in [2.24, 2.45) is 5.73 Å². The predicted molar refractivity (Wildman–Crippen MR) is 115 cm³/mol. The molecule has 0 aliphatic rings. The first-order valence-corrected chi connectivity index (χ1v) is 9.13. The largest absolute Gasteiger partial charge is 0.473 e. The van der Waals surface area contributed by atoms with Gasteiger partial charge in [-0.05, 0) is 34.9 Å². The first kappa shape index (κ1) is 25.1. The highest BCUT2D eigenvalue weighted by molar-refractivity contribution is 6.27. The zero-order valence-corrected chi connectivity index (χ0v) is 17.5. The minimum Gasteiger partial charge on any atom is -0.473 e. The van der Waals surface area contributed by atoms with Crippen LogP contribution >= 0.6 is 0 Å². The van der Waals surface area contributed by atoms with E-state index in [1.54, 1.807) is 26.0 Å². The van der Waals surface area contributed by atoms with Gasteiger partial charge in [-0.15, -0.1) is 0 Å². The third kappa shape index (κ3) is 8.54. The maximum absolute atomic E-state index is 11.7. The number of likely N-dealkylation sites (N-methyl/N-ethyl adjacent to an activating group) is 1. The van der Waals surface area contributed by atoms with Crippen molar-refractivity contribution >= 4 is 29.6 Å². The van der Waals surface area contributed by atoms with Crippen molar-refractivity contribution in [2.45, 2.75) is 6.54 Å². The number of aliphatic carboxylic acids is 2. The molecule has 2 aromatic rings. The molecular formula is C21H26N4O6. The maximum atomic E-state index is 11.7. The molecule has 0 aliphatic heterocycles. The van der Waals surface area contributed by atoms with E-state index < -0.39 is 11.9 Å². The van der Waals surface area contributed by atoms with Crippen LogP contribution in [-0.4, -0.2) is 71.6 Å². The second kappa shape index (κ2) is 11.9. The van der Waals surface area contributed by atoms with Crippen molar-refractivity contribution in [3.05, 3.63) is 54.1 Å². The van der Waals surface area contributed by atoms with Crippen molar-refractivity contribution in [2.75, 3.05) is 33.0 Å². The van der Waals surface area contributed by atoms with Gasteiger partial charge >= 0.3 is 18.0 Å². The van der Waals surface area contributed by atoms with Crippen LogP contribution in [0.5, 0.6) is 0 Å². The monoisotopic (exact) mass is 430 g/mol. The molecule has 10 nitrogen and oxygen atoms in total. The van der Waals surface area contributed by atoms with Crippen LogP contribution in [0.1, 0.15) is 5.56 Å². The molecule has 0 spiro atoms. The fourth-order valence-corrected chi connectivity index (χ4v) is 2.35. The third-order valence-corrected chi connectivity index (χ3v) is 4.01. The van der Waals surface area contributed by atoms with Crippen molar-refractivity contribution in [3.8, 4) is 11.1 Å². The van der Waals surface area contributed by atoms with Gasteiger partial charge in [-0.3, -0.25) is 4.79 Å². The highest BCUT2D eigenvalue weighted by Crippen LogP contribution is 2.23. The summed E-state index contributed by atoms with van der Waals surface area (Å²) in [5.41, 5.74) is 9.26.